The molecule has 1 atom stereocenters. The summed E-state index contributed by atoms with van der Waals surface area (Å²) in [7, 11) is 2.22. The molecule has 1 aliphatic heterocycles. The lowest BCUT2D eigenvalue weighted by atomic mass is 10.1. The van der Waals surface area contributed by atoms with Gasteiger partial charge in [0.15, 0.2) is 0 Å². The van der Waals surface area contributed by atoms with Crippen molar-refractivity contribution in [3.63, 3.8) is 0 Å². The molecule has 1 aliphatic rings. The summed E-state index contributed by atoms with van der Waals surface area (Å²) in [6.45, 7) is 7.40. The third kappa shape index (κ3) is 4.11. The summed E-state index contributed by atoms with van der Waals surface area (Å²) in [5.41, 5.74) is 6.48. The van der Waals surface area contributed by atoms with Crippen molar-refractivity contribution in [3.8, 4) is 5.75 Å². The van der Waals surface area contributed by atoms with E-state index in [0.717, 1.165) is 44.2 Å². The van der Waals surface area contributed by atoms with E-state index in [1.54, 1.807) is 0 Å². The first-order valence-electron chi connectivity index (χ1n) is 7.10. The average molecular weight is 263 g/mol. The van der Waals surface area contributed by atoms with E-state index in [0.29, 0.717) is 6.04 Å². The van der Waals surface area contributed by atoms with Crippen LogP contribution in [0, 0.1) is 0 Å². The Hall–Kier alpha value is -1.26. The molecule has 1 aromatic rings. The Kier molecular flexibility index (Phi) is 5.05. The zero-order valence-corrected chi connectivity index (χ0v) is 12.0. The van der Waals surface area contributed by atoms with Crippen LogP contribution in [0.2, 0.25) is 0 Å². The molecule has 2 rings (SSSR count). The van der Waals surface area contributed by atoms with E-state index in [2.05, 4.69) is 23.8 Å². The smallest absolute Gasteiger partial charge is 0.121 e. The molecule has 0 amide bonds. The van der Waals surface area contributed by atoms with Crippen LogP contribution in [0.1, 0.15) is 13.3 Å². The Morgan fingerprint density at radius 2 is 2.21 bits per heavy atom. The van der Waals surface area contributed by atoms with Crippen LogP contribution in [0.3, 0.4) is 0 Å². The number of ether oxygens (including phenoxy) is 1. The summed E-state index contributed by atoms with van der Waals surface area (Å²) in [6.07, 6.45) is 1.21. The molecule has 1 heterocycles. The van der Waals surface area contributed by atoms with Crippen molar-refractivity contribution in [3.05, 3.63) is 24.3 Å². The second-order valence-electron chi connectivity index (χ2n) is 5.26. The minimum Gasteiger partial charge on any atom is -0.492 e. The molecule has 0 aromatic heterocycles. The Morgan fingerprint density at radius 1 is 1.37 bits per heavy atom. The van der Waals surface area contributed by atoms with Crippen molar-refractivity contribution in [2.45, 2.75) is 19.4 Å². The number of anilines is 1. The van der Waals surface area contributed by atoms with E-state index in [-0.39, 0.29) is 0 Å². The van der Waals surface area contributed by atoms with Gasteiger partial charge in [0.1, 0.15) is 12.4 Å². The van der Waals surface area contributed by atoms with E-state index in [1.165, 1.54) is 6.42 Å². The fraction of sp³-hybridized carbons (Fsp3) is 0.600. The fourth-order valence-electron chi connectivity index (χ4n) is 2.55. The number of hydrogen-bond donors (Lipinski definition) is 1. The summed E-state index contributed by atoms with van der Waals surface area (Å²) in [5.74, 6) is 0.862. The Bertz CT molecular complexity index is 397. The molecule has 0 spiro atoms. The van der Waals surface area contributed by atoms with Crippen LogP contribution in [-0.2, 0) is 0 Å². The molecule has 0 aliphatic carbocycles. The number of nitrogens with zero attached hydrogens (tertiary/aromatic N) is 2. The predicted molar refractivity (Wildman–Crippen MR) is 79.5 cm³/mol. The minimum absolute atomic E-state index is 0.682. The molecule has 1 aromatic carbocycles. The highest BCUT2D eigenvalue weighted by atomic mass is 16.5. The van der Waals surface area contributed by atoms with Gasteiger partial charge in [-0.3, -0.25) is 4.90 Å². The fourth-order valence-corrected chi connectivity index (χ4v) is 2.55. The van der Waals surface area contributed by atoms with Gasteiger partial charge in [0.2, 0.25) is 0 Å². The van der Waals surface area contributed by atoms with Crippen LogP contribution in [0.15, 0.2) is 24.3 Å². The first-order valence-corrected chi connectivity index (χ1v) is 7.10. The summed E-state index contributed by atoms with van der Waals surface area (Å²) in [6, 6.07) is 8.31. The van der Waals surface area contributed by atoms with Crippen LogP contribution in [-0.4, -0.2) is 55.7 Å². The highest BCUT2D eigenvalue weighted by Gasteiger charge is 2.22. The number of hydrogen-bond acceptors (Lipinski definition) is 4. The standard InChI is InChI=1S/C15H25N3O/c1-3-14-12-18(8-7-17(14)2)9-10-19-15-6-4-5-13(16)11-15/h4-6,11,14H,3,7-10,12,16H2,1-2H3. The average Bonchev–Trinajstić information content (AvgIpc) is 2.41. The van der Waals surface area contributed by atoms with Gasteiger partial charge < -0.3 is 15.4 Å². The lowest BCUT2D eigenvalue weighted by molar-refractivity contribution is 0.0824. The number of nitrogens with two attached hydrogens (primary N) is 1. The number of benzene rings is 1. The van der Waals surface area contributed by atoms with E-state index >= 15 is 0 Å². The first-order chi connectivity index (χ1) is 9.19. The quantitative estimate of drug-likeness (QED) is 0.821. The summed E-state index contributed by atoms with van der Waals surface area (Å²) in [5, 5.41) is 0. The molecular formula is C15H25N3O. The van der Waals surface area contributed by atoms with Crippen molar-refractivity contribution in [1.82, 2.24) is 9.80 Å². The predicted octanol–water partition coefficient (Wildman–Crippen LogP) is 1.67. The Balaban J connectivity index is 1.74. The van der Waals surface area contributed by atoms with Gasteiger partial charge in [-0.2, -0.15) is 0 Å². The molecule has 1 saturated heterocycles. The van der Waals surface area contributed by atoms with Gasteiger partial charge in [-0.25, -0.2) is 0 Å². The van der Waals surface area contributed by atoms with Crippen molar-refractivity contribution >= 4 is 5.69 Å². The van der Waals surface area contributed by atoms with Gasteiger partial charge in [0.25, 0.3) is 0 Å². The van der Waals surface area contributed by atoms with Crippen molar-refractivity contribution in [2.24, 2.45) is 0 Å². The molecule has 0 bridgehead atoms. The maximum absolute atomic E-state index is 5.75. The van der Waals surface area contributed by atoms with Crippen LogP contribution < -0.4 is 10.5 Å². The molecule has 4 heteroatoms. The lowest BCUT2D eigenvalue weighted by Gasteiger charge is -2.39. The van der Waals surface area contributed by atoms with E-state index in [4.69, 9.17) is 10.5 Å². The second kappa shape index (κ2) is 6.78. The maximum Gasteiger partial charge on any atom is 0.121 e. The van der Waals surface area contributed by atoms with Gasteiger partial charge in [-0.05, 0) is 25.6 Å². The second-order valence-corrected chi connectivity index (χ2v) is 5.26. The van der Waals surface area contributed by atoms with E-state index in [1.807, 2.05) is 24.3 Å². The number of rotatable bonds is 5. The van der Waals surface area contributed by atoms with Gasteiger partial charge in [0.05, 0.1) is 0 Å². The Labute approximate surface area is 116 Å². The van der Waals surface area contributed by atoms with Crippen LogP contribution in [0.5, 0.6) is 5.75 Å². The van der Waals surface area contributed by atoms with Crippen molar-refractivity contribution in [1.29, 1.82) is 0 Å². The van der Waals surface area contributed by atoms with E-state index < -0.39 is 0 Å². The van der Waals surface area contributed by atoms with Gasteiger partial charge >= 0.3 is 0 Å². The van der Waals surface area contributed by atoms with Crippen LogP contribution in [0.25, 0.3) is 0 Å². The topological polar surface area (TPSA) is 41.7 Å². The van der Waals surface area contributed by atoms with E-state index in [9.17, 15) is 0 Å². The lowest BCUT2D eigenvalue weighted by Crippen LogP contribution is -2.51. The highest BCUT2D eigenvalue weighted by molar-refractivity contribution is 5.43. The van der Waals surface area contributed by atoms with Crippen LogP contribution in [0.4, 0.5) is 5.69 Å². The first kappa shape index (κ1) is 14.2. The number of likely N-dealkylation sites (N-methyl/N-ethyl adjacent to an activating group) is 1. The van der Waals surface area contributed by atoms with Crippen molar-refractivity contribution in [2.75, 3.05) is 45.6 Å². The molecule has 19 heavy (non-hydrogen) atoms. The van der Waals surface area contributed by atoms with Gasteiger partial charge in [-0.15, -0.1) is 0 Å². The molecule has 4 nitrogen and oxygen atoms in total. The summed E-state index contributed by atoms with van der Waals surface area (Å²) >= 11 is 0. The van der Waals surface area contributed by atoms with Crippen LogP contribution >= 0.6 is 0 Å². The largest absolute Gasteiger partial charge is 0.492 e. The number of piperazine rings is 1. The molecule has 1 unspecified atom stereocenters. The van der Waals surface area contributed by atoms with Gasteiger partial charge in [-0.1, -0.05) is 13.0 Å². The van der Waals surface area contributed by atoms with Gasteiger partial charge in [0, 0.05) is 44.0 Å². The third-order valence-electron chi connectivity index (χ3n) is 3.87. The summed E-state index contributed by atoms with van der Waals surface area (Å²) in [4.78, 5) is 4.94. The summed E-state index contributed by atoms with van der Waals surface area (Å²) < 4.78 is 5.75. The maximum atomic E-state index is 5.75. The zero-order chi connectivity index (χ0) is 13.7. The molecule has 0 saturated carbocycles. The number of nitrogen functional groups attached to an aromatic ring is 1. The molecular weight excluding hydrogens is 238 g/mol. The zero-order valence-electron chi connectivity index (χ0n) is 12.0. The highest BCUT2D eigenvalue weighted by Crippen LogP contribution is 2.15. The molecule has 2 N–H and O–H groups in total. The third-order valence-corrected chi connectivity index (χ3v) is 3.87. The monoisotopic (exact) mass is 263 g/mol. The SMILES string of the molecule is CCC1CN(CCOc2cccc(N)c2)CCN1C. The Morgan fingerprint density at radius 3 is 2.95 bits per heavy atom. The minimum atomic E-state index is 0.682. The molecule has 0 radical (unpaired) electrons. The molecule has 106 valence electrons. The molecule has 1 fully saturated rings. The normalized spacial score (nSPS) is 21.5. The van der Waals surface area contributed by atoms with Crippen molar-refractivity contribution < 1.29 is 4.74 Å².